The van der Waals surface area contributed by atoms with Gasteiger partial charge in [0.05, 0.1) is 13.2 Å². The number of amides is 3. The van der Waals surface area contributed by atoms with Gasteiger partial charge < -0.3 is 39.5 Å². The summed E-state index contributed by atoms with van der Waals surface area (Å²) in [5, 5.41) is 8.94. The summed E-state index contributed by atoms with van der Waals surface area (Å²) in [5.41, 5.74) is 0.519. The third-order valence-corrected chi connectivity index (χ3v) is 8.76. The molecule has 2 aromatic carbocycles. The lowest BCUT2D eigenvalue weighted by molar-refractivity contribution is -0.125. The minimum atomic E-state index is -0.738. The van der Waals surface area contributed by atoms with E-state index in [4.69, 9.17) is 18.6 Å². The molecule has 2 fully saturated rings. The quantitative estimate of drug-likeness (QED) is 0.390. The first-order valence-corrected chi connectivity index (χ1v) is 15.7. The van der Waals surface area contributed by atoms with Gasteiger partial charge in [-0.25, -0.2) is 9.18 Å². The highest BCUT2D eigenvalue weighted by molar-refractivity contribution is 5.95. The van der Waals surface area contributed by atoms with Gasteiger partial charge in [0.2, 0.25) is 0 Å². The highest BCUT2D eigenvalue weighted by Crippen LogP contribution is 2.29. The normalized spacial score (nSPS) is 20.6. The van der Waals surface area contributed by atoms with Gasteiger partial charge in [-0.2, -0.15) is 0 Å². The summed E-state index contributed by atoms with van der Waals surface area (Å²) in [6, 6.07) is 9.74. The van der Waals surface area contributed by atoms with Crippen molar-refractivity contribution < 1.29 is 37.4 Å². The fraction of sp³-hybridized carbons (Fsp3) is 0.412. The van der Waals surface area contributed by atoms with Crippen LogP contribution < -0.4 is 35.8 Å². The zero-order chi connectivity index (χ0) is 33.1. The van der Waals surface area contributed by atoms with E-state index in [1.165, 1.54) is 30.2 Å². The van der Waals surface area contributed by atoms with Crippen molar-refractivity contribution >= 4 is 17.7 Å². The lowest BCUT2D eigenvalue weighted by Crippen LogP contribution is -2.59. The maximum Gasteiger partial charge on any atom is 0.349 e. The Bertz CT molecular complexity index is 1740. The van der Waals surface area contributed by atoms with Gasteiger partial charge in [-0.1, -0.05) is 0 Å². The van der Waals surface area contributed by atoms with Gasteiger partial charge in [0.1, 0.15) is 29.0 Å². The Balaban J connectivity index is 1.27. The number of carbonyl (C=O) groups is 3. The van der Waals surface area contributed by atoms with E-state index in [-0.39, 0.29) is 54.6 Å². The van der Waals surface area contributed by atoms with E-state index in [0.29, 0.717) is 22.6 Å². The predicted molar refractivity (Wildman–Crippen MR) is 167 cm³/mol. The van der Waals surface area contributed by atoms with Gasteiger partial charge in [-0.05, 0) is 80.4 Å². The van der Waals surface area contributed by atoms with Crippen LogP contribution in [0.4, 0.5) is 4.39 Å². The fourth-order valence-corrected chi connectivity index (χ4v) is 6.32. The van der Waals surface area contributed by atoms with Gasteiger partial charge in [-0.15, -0.1) is 0 Å². The second kappa shape index (κ2) is 13.8. The van der Waals surface area contributed by atoms with Crippen LogP contribution in [0.5, 0.6) is 17.2 Å². The minimum Gasteiger partial charge on any atom is -0.493 e. The molecule has 4 bridgehead atoms. The van der Waals surface area contributed by atoms with Crippen LogP contribution in [0.3, 0.4) is 0 Å². The summed E-state index contributed by atoms with van der Waals surface area (Å²) in [4.78, 5) is 54.5. The number of aryl methyl sites for hydroxylation is 1. The predicted octanol–water partition coefficient (Wildman–Crippen LogP) is 2.66. The van der Waals surface area contributed by atoms with E-state index >= 15 is 0 Å². The number of hydrogen-bond donors (Lipinski definition) is 3. The molecule has 2 atom stereocenters. The molecule has 0 saturated carbocycles. The molecule has 3 amide bonds. The highest BCUT2D eigenvalue weighted by Gasteiger charge is 2.36. The molecule has 0 radical (unpaired) electrons. The average molecular weight is 649 g/mol. The Morgan fingerprint density at radius 3 is 2.62 bits per heavy atom. The van der Waals surface area contributed by atoms with Crippen molar-refractivity contribution in [2.24, 2.45) is 0 Å². The van der Waals surface area contributed by atoms with Crippen LogP contribution in [0.2, 0.25) is 0 Å². The summed E-state index contributed by atoms with van der Waals surface area (Å²) in [6.45, 7) is 3.21. The number of rotatable bonds is 3. The summed E-state index contributed by atoms with van der Waals surface area (Å²) in [5.74, 6) is -0.618. The molecule has 3 aliphatic rings. The van der Waals surface area contributed by atoms with Crippen LogP contribution in [0, 0.1) is 12.7 Å². The zero-order valence-corrected chi connectivity index (χ0v) is 26.2. The molecule has 0 aliphatic carbocycles. The number of ether oxygens (including phenoxy) is 3. The highest BCUT2D eigenvalue weighted by atomic mass is 19.1. The summed E-state index contributed by atoms with van der Waals surface area (Å²) in [7, 11) is 1.44. The third-order valence-electron chi connectivity index (χ3n) is 8.76. The second-order valence-corrected chi connectivity index (χ2v) is 12.0. The van der Waals surface area contributed by atoms with Gasteiger partial charge in [0.15, 0.2) is 18.1 Å². The number of hydrogen-bond acceptors (Lipinski definition) is 9. The van der Waals surface area contributed by atoms with E-state index in [2.05, 4.69) is 16.0 Å². The maximum absolute atomic E-state index is 14.7. The molecule has 2 saturated heterocycles. The van der Waals surface area contributed by atoms with Crippen molar-refractivity contribution in [2.75, 3.05) is 39.9 Å². The molecule has 3 aromatic rings. The van der Waals surface area contributed by atoms with Crippen molar-refractivity contribution in [1.29, 1.82) is 0 Å². The van der Waals surface area contributed by atoms with Crippen molar-refractivity contribution in [1.82, 2.24) is 20.9 Å². The average Bonchev–Trinajstić information content (AvgIpc) is 3.06. The second-order valence-electron chi connectivity index (χ2n) is 12.0. The number of methoxy groups -OCH3 is 1. The van der Waals surface area contributed by atoms with Gasteiger partial charge in [0, 0.05) is 43.6 Å². The molecule has 12 nitrogen and oxygen atoms in total. The van der Waals surface area contributed by atoms with Crippen LogP contribution >= 0.6 is 0 Å². The van der Waals surface area contributed by atoms with Crippen molar-refractivity contribution in [2.45, 2.75) is 50.8 Å². The summed E-state index contributed by atoms with van der Waals surface area (Å²) >= 11 is 0. The lowest BCUT2D eigenvalue weighted by atomic mass is 9.93. The molecule has 3 N–H and O–H groups in total. The van der Waals surface area contributed by atoms with Crippen LogP contribution in [0.15, 0.2) is 51.7 Å². The Morgan fingerprint density at radius 2 is 1.85 bits per heavy atom. The first-order chi connectivity index (χ1) is 22.7. The molecular formula is C34H37FN4O8. The van der Waals surface area contributed by atoms with Crippen LogP contribution in [-0.2, 0) is 11.3 Å². The Hall–Kier alpha value is -4.91. The van der Waals surface area contributed by atoms with Crippen molar-refractivity contribution in [3.8, 4) is 17.2 Å². The lowest BCUT2D eigenvalue weighted by Gasteiger charge is -2.39. The van der Waals surface area contributed by atoms with Crippen LogP contribution in [0.25, 0.3) is 0 Å². The SMILES string of the molecule is COc1ccc2cc1OCC(=O)N[C@@H]1CN(C(=O)c3c(C)cc(C4CCNCC4)oc3=O)CC[C@@H]1Oc1cc(F)cc(c1)CNC2=O. The fourth-order valence-electron chi connectivity index (χ4n) is 6.32. The molecular weight excluding hydrogens is 611 g/mol. The Labute approximate surface area is 270 Å². The standard InChI is InChI=1S/C34H37FN4O8/c1-19-11-28(21-5-8-36-9-6-21)47-34(43)31(19)33(42)39-10-7-26-25(17-39)38-30(40)18-45-29-14-22(3-4-27(29)44-2)32(41)37-16-20-12-23(35)15-24(13-20)46-26/h3-4,11-15,21,25-26,36H,5-10,16-18H2,1-2H3,(H,37,41)(H,38,40)/t25-,26+/m1/s1. The van der Waals surface area contributed by atoms with Crippen LogP contribution in [0.1, 0.15) is 62.8 Å². The Morgan fingerprint density at radius 1 is 1.04 bits per heavy atom. The maximum atomic E-state index is 14.7. The molecule has 0 unspecified atom stereocenters. The number of likely N-dealkylation sites (tertiary alicyclic amines) is 1. The van der Waals surface area contributed by atoms with Gasteiger partial charge in [-0.3, -0.25) is 14.4 Å². The van der Waals surface area contributed by atoms with Crippen LogP contribution in [-0.4, -0.2) is 74.7 Å². The van der Waals surface area contributed by atoms with Gasteiger partial charge in [0.25, 0.3) is 17.7 Å². The number of carbonyl (C=O) groups excluding carboxylic acids is 3. The minimum absolute atomic E-state index is 0.0151. The number of nitrogens with one attached hydrogen (secondary N) is 3. The van der Waals surface area contributed by atoms with E-state index < -0.39 is 47.9 Å². The number of piperidine rings is 2. The van der Waals surface area contributed by atoms with E-state index in [1.54, 1.807) is 31.2 Å². The molecule has 13 heteroatoms. The van der Waals surface area contributed by atoms with Crippen molar-refractivity contribution in [3.05, 3.63) is 86.7 Å². The molecule has 1 aromatic heterocycles. The monoisotopic (exact) mass is 648 g/mol. The molecule has 3 aliphatic heterocycles. The topological polar surface area (TPSA) is 148 Å². The Kier molecular flexibility index (Phi) is 9.43. The molecule has 6 rings (SSSR count). The number of fused-ring (bicyclic) bond motifs is 5. The third kappa shape index (κ3) is 7.25. The summed E-state index contributed by atoms with van der Waals surface area (Å²) in [6.07, 6.45) is 1.30. The zero-order valence-electron chi connectivity index (χ0n) is 26.2. The molecule has 47 heavy (non-hydrogen) atoms. The largest absolute Gasteiger partial charge is 0.493 e. The van der Waals surface area contributed by atoms with E-state index in [9.17, 15) is 23.6 Å². The molecule has 4 heterocycles. The smallest absolute Gasteiger partial charge is 0.349 e. The number of benzene rings is 2. The van der Waals surface area contributed by atoms with E-state index in [1.807, 2.05) is 0 Å². The first-order valence-electron chi connectivity index (χ1n) is 15.7. The summed E-state index contributed by atoms with van der Waals surface area (Å²) < 4.78 is 37.6. The van der Waals surface area contributed by atoms with E-state index in [0.717, 1.165) is 25.9 Å². The molecule has 248 valence electrons. The first kappa shape index (κ1) is 32.0. The van der Waals surface area contributed by atoms with Crippen molar-refractivity contribution in [3.63, 3.8) is 0 Å². The number of halogens is 1. The van der Waals surface area contributed by atoms with Gasteiger partial charge >= 0.3 is 5.63 Å². The molecule has 0 spiro atoms. The number of nitrogens with zero attached hydrogens (tertiary/aromatic N) is 1.